The topological polar surface area (TPSA) is 24.1 Å². The molecule has 2 N–H and O–H groups in total. The van der Waals surface area contributed by atoms with Crippen LogP contribution in [0.15, 0.2) is 40.5 Å². The SMILES string of the molecule is C=C(NCC#CNC)C1=C=CC=CS1. The van der Waals surface area contributed by atoms with Gasteiger partial charge in [-0.2, -0.15) is 0 Å². The highest BCUT2D eigenvalue weighted by Gasteiger charge is 2.00. The summed E-state index contributed by atoms with van der Waals surface area (Å²) in [5.41, 5.74) is 3.96. The molecule has 0 amide bonds. The van der Waals surface area contributed by atoms with Crippen LogP contribution < -0.4 is 10.6 Å². The molecule has 0 saturated heterocycles. The van der Waals surface area contributed by atoms with Crippen molar-refractivity contribution in [2.24, 2.45) is 0 Å². The molecule has 0 aliphatic carbocycles. The number of rotatable bonds is 3. The molecule has 0 atom stereocenters. The third-order valence-electron chi connectivity index (χ3n) is 1.45. The van der Waals surface area contributed by atoms with Crippen molar-refractivity contribution in [1.29, 1.82) is 0 Å². The second-order valence-corrected chi connectivity index (χ2v) is 3.39. The highest BCUT2D eigenvalue weighted by atomic mass is 32.2. The summed E-state index contributed by atoms with van der Waals surface area (Å²) in [6.45, 7) is 4.49. The van der Waals surface area contributed by atoms with Crippen molar-refractivity contribution in [3.05, 3.63) is 40.5 Å². The highest BCUT2D eigenvalue weighted by Crippen LogP contribution is 2.23. The van der Waals surface area contributed by atoms with Crippen LogP contribution in [0, 0.1) is 12.0 Å². The summed E-state index contributed by atoms with van der Waals surface area (Å²) in [4.78, 5) is 1.01. The Hall–Kier alpha value is -1.49. The number of hydrogen-bond donors (Lipinski definition) is 2. The van der Waals surface area contributed by atoms with Crippen molar-refractivity contribution in [3.63, 3.8) is 0 Å². The van der Waals surface area contributed by atoms with E-state index in [1.807, 2.05) is 17.6 Å². The van der Waals surface area contributed by atoms with Crippen molar-refractivity contribution in [1.82, 2.24) is 10.6 Å². The van der Waals surface area contributed by atoms with Gasteiger partial charge in [-0.1, -0.05) is 24.3 Å². The molecule has 0 saturated carbocycles. The van der Waals surface area contributed by atoms with Gasteiger partial charge in [0.2, 0.25) is 0 Å². The summed E-state index contributed by atoms with van der Waals surface area (Å²) in [5, 5.41) is 7.85. The molecule has 0 fully saturated rings. The third kappa shape index (κ3) is 3.49. The highest BCUT2D eigenvalue weighted by molar-refractivity contribution is 8.06. The van der Waals surface area contributed by atoms with Gasteiger partial charge in [0.05, 0.1) is 11.4 Å². The van der Waals surface area contributed by atoms with Crippen molar-refractivity contribution < 1.29 is 0 Å². The summed E-state index contributed by atoms with van der Waals surface area (Å²) < 4.78 is 0. The Kier molecular flexibility index (Phi) is 4.57. The summed E-state index contributed by atoms with van der Waals surface area (Å²) in [5.74, 6) is 2.89. The first-order valence-corrected chi connectivity index (χ1v) is 5.09. The average Bonchev–Trinajstić information content (AvgIpc) is 2.25. The van der Waals surface area contributed by atoms with Crippen LogP contribution in [-0.4, -0.2) is 13.6 Å². The Morgan fingerprint density at radius 3 is 3.21 bits per heavy atom. The van der Waals surface area contributed by atoms with Crippen LogP contribution in [0.3, 0.4) is 0 Å². The molecule has 0 aromatic heterocycles. The van der Waals surface area contributed by atoms with Crippen LogP contribution in [0.25, 0.3) is 0 Å². The number of hydrogen-bond acceptors (Lipinski definition) is 3. The van der Waals surface area contributed by atoms with Crippen LogP contribution >= 0.6 is 11.8 Å². The molecule has 1 aliphatic heterocycles. The zero-order valence-electron chi connectivity index (χ0n) is 8.05. The Morgan fingerprint density at radius 1 is 1.71 bits per heavy atom. The molecule has 0 aromatic carbocycles. The van der Waals surface area contributed by atoms with Gasteiger partial charge in [0.15, 0.2) is 0 Å². The van der Waals surface area contributed by atoms with Crippen LogP contribution in [0.1, 0.15) is 0 Å². The van der Waals surface area contributed by atoms with Gasteiger partial charge in [-0.05, 0) is 17.6 Å². The standard InChI is InChI=1S/C11H12N2S/c1-10(13-8-5-7-12-2)11-6-3-4-9-14-11/h3-4,9,12-13H,1,8H2,2H3. The van der Waals surface area contributed by atoms with Gasteiger partial charge in [0, 0.05) is 18.8 Å². The van der Waals surface area contributed by atoms with E-state index in [9.17, 15) is 0 Å². The van der Waals surface area contributed by atoms with E-state index in [4.69, 9.17) is 0 Å². The fraction of sp³-hybridized carbons (Fsp3) is 0.182. The predicted octanol–water partition coefficient (Wildman–Crippen LogP) is 1.57. The quantitative estimate of drug-likeness (QED) is 0.414. The Labute approximate surface area is 88.8 Å². The monoisotopic (exact) mass is 204 g/mol. The molecule has 0 spiro atoms. The molecule has 0 unspecified atom stereocenters. The maximum Gasteiger partial charge on any atom is 0.0784 e. The van der Waals surface area contributed by atoms with Gasteiger partial charge in [-0.25, -0.2) is 0 Å². The zero-order chi connectivity index (χ0) is 10.2. The van der Waals surface area contributed by atoms with Crippen LogP contribution in [-0.2, 0) is 0 Å². The minimum Gasteiger partial charge on any atom is -0.373 e. The van der Waals surface area contributed by atoms with E-state index in [0.29, 0.717) is 6.54 Å². The lowest BCUT2D eigenvalue weighted by Gasteiger charge is -2.07. The second kappa shape index (κ2) is 6.04. The van der Waals surface area contributed by atoms with Crippen LogP contribution in [0.5, 0.6) is 0 Å². The Morgan fingerprint density at radius 2 is 2.57 bits per heavy atom. The Bertz CT molecular complexity index is 362. The molecule has 2 nitrogen and oxygen atoms in total. The van der Waals surface area contributed by atoms with E-state index >= 15 is 0 Å². The molecule has 14 heavy (non-hydrogen) atoms. The first-order valence-electron chi connectivity index (χ1n) is 4.21. The normalized spacial score (nSPS) is 12.5. The number of nitrogens with one attached hydrogen (secondary N) is 2. The maximum atomic E-state index is 3.90. The first-order chi connectivity index (χ1) is 6.84. The minimum absolute atomic E-state index is 0.592. The van der Waals surface area contributed by atoms with E-state index in [2.05, 4.69) is 34.9 Å². The third-order valence-corrected chi connectivity index (χ3v) is 2.35. The smallest absolute Gasteiger partial charge is 0.0784 e. The lowest BCUT2D eigenvalue weighted by Crippen LogP contribution is -2.13. The average molecular weight is 204 g/mol. The van der Waals surface area contributed by atoms with Gasteiger partial charge < -0.3 is 10.6 Å². The fourth-order valence-electron chi connectivity index (χ4n) is 0.826. The van der Waals surface area contributed by atoms with Crippen molar-refractivity contribution >= 4 is 11.8 Å². The van der Waals surface area contributed by atoms with E-state index in [1.54, 1.807) is 18.8 Å². The van der Waals surface area contributed by atoms with Gasteiger partial charge in [0.1, 0.15) is 0 Å². The first kappa shape index (κ1) is 10.6. The van der Waals surface area contributed by atoms with Gasteiger partial charge in [0.25, 0.3) is 0 Å². The van der Waals surface area contributed by atoms with E-state index in [0.717, 1.165) is 10.6 Å². The molecule has 72 valence electrons. The fourth-order valence-corrected chi connectivity index (χ4v) is 1.47. The van der Waals surface area contributed by atoms with Crippen molar-refractivity contribution in [2.75, 3.05) is 13.6 Å². The second-order valence-electron chi connectivity index (χ2n) is 2.47. The van der Waals surface area contributed by atoms with Crippen LogP contribution in [0.2, 0.25) is 0 Å². The summed E-state index contributed by atoms with van der Waals surface area (Å²) in [7, 11) is 1.79. The minimum atomic E-state index is 0.592. The molecular formula is C11H12N2S. The lowest BCUT2D eigenvalue weighted by atomic mass is 10.4. The molecule has 0 aromatic rings. The molecule has 3 heteroatoms. The Balaban J connectivity index is 2.40. The van der Waals surface area contributed by atoms with Gasteiger partial charge >= 0.3 is 0 Å². The largest absolute Gasteiger partial charge is 0.373 e. The van der Waals surface area contributed by atoms with Crippen molar-refractivity contribution in [3.8, 4) is 12.0 Å². The summed E-state index contributed by atoms with van der Waals surface area (Å²) in [6.07, 6.45) is 3.82. The van der Waals surface area contributed by atoms with Crippen LogP contribution in [0.4, 0.5) is 0 Å². The molecule has 1 rings (SSSR count). The molecule has 0 radical (unpaired) electrons. The van der Waals surface area contributed by atoms with E-state index in [1.165, 1.54) is 0 Å². The van der Waals surface area contributed by atoms with Crippen molar-refractivity contribution in [2.45, 2.75) is 0 Å². The van der Waals surface area contributed by atoms with E-state index < -0.39 is 0 Å². The maximum absolute atomic E-state index is 3.90. The van der Waals surface area contributed by atoms with Gasteiger partial charge in [-0.3, -0.25) is 0 Å². The molecule has 1 heterocycles. The number of thioether (sulfide) groups is 1. The lowest BCUT2D eigenvalue weighted by molar-refractivity contribution is 0.952. The summed E-state index contributed by atoms with van der Waals surface area (Å²) >= 11 is 1.60. The predicted molar refractivity (Wildman–Crippen MR) is 62.3 cm³/mol. The zero-order valence-corrected chi connectivity index (χ0v) is 8.87. The van der Waals surface area contributed by atoms with Gasteiger partial charge in [-0.15, -0.1) is 5.73 Å². The number of allylic oxidation sites excluding steroid dienone is 1. The molecule has 0 bridgehead atoms. The molecular weight excluding hydrogens is 192 g/mol. The molecule has 1 aliphatic rings. The van der Waals surface area contributed by atoms with E-state index in [-0.39, 0.29) is 0 Å². The summed E-state index contributed by atoms with van der Waals surface area (Å²) in [6, 6.07) is 2.74.